The van der Waals surface area contributed by atoms with Crippen LogP contribution in [0, 0.1) is 22.7 Å². The first-order chi connectivity index (χ1) is 14.1. The van der Waals surface area contributed by atoms with E-state index in [9.17, 15) is 9.59 Å². The van der Waals surface area contributed by atoms with Crippen molar-refractivity contribution in [3.63, 3.8) is 0 Å². The molecule has 1 saturated heterocycles. The van der Waals surface area contributed by atoms with E-state index in [1.165, 1.54) is 0 Å². The van der Waals surface area contributed by atoms with Crippen LogP contribution in [0.15, 0.2) is 24.4 Å². The molecule has 2 aromatic rings. The molecule has 0 unspecified atom stereocenters. The Kier molecular flexibility index (Phi) is 5.08. The van der Waals surface area contributed by atoms with Crippen LogP contribution in [-0.2, 0) is 11.3 Å². The lowest BCUT2D eigenvalue weighted by Gasteiger charge is -2.23. The average Bonchev–Trinajstić information content (AvgIpc) is 2.96. The number of aromatic nitrogens is 1. The minimum atomic E-state index is -0.0203. The van der Waals surface area contributed by atoms with Gasteiger partial charge in [0.1, 0.15) is 0 Å². The summed E-state index contributed by atoms with van der Waals surface area (Å²) in [5, 5.41) is 0.959. The number of hydrogen-bond acceptors (Lipinski definition) is 3. The molecular formula is C25H34N2O3. The molecular weight excluding hydrogens is 376 g/mol. The van der Waals surface area contributed by atoms with Crippen molar-refractivity contribution < 1.29 is 14.3 Å². The smallest absolute Gasteiger partial charge is 0.253 e. The van der Waals surface area contributed by atoms with E-state index in [2.05, 4.69) is 32.3 Å². The molecule has 162 valence electrons. The first-order valence-electron chi connectivity index (χ1n) is 11.0. The minimum Gasteiger partial charge on any atom is -0.381 e. The molecule has 1 aliphatic heterocycles. The lowest BCUT2D eigenvalue weighted by molar-refractivity contribution is 0.0616. The molecule has 0 spiro atoms. The molecule has 1 amide bonds. The Morgan fingerprint density at radius 2 is 1.73 bits per heavy atom. The Labute approximate surface area is 179 Å². The minimum absolute atomic E-state index is 0.0000442. The van der Waals surface area contributed by atoms with Gasteiger partial charge in [0.25, 0.3) is 5.91 Å². The number of fused-ring (bicyclic) bond motifs is 1. The average molecular weight is 411 g/mol. The second-order valence-corrected chi connectivity index (χ2v) is 10.4. The van der Waals surface area contributed by atoms with Crippen molar-refractivity contribution in [3.05, 3.63) is 35.5 Å². The van der Waals surface area contributed by atoms with Gasteiger partial charge in [-0.1, -0.05) is 33.8 Å². The summed E-state index contributed by atoms with van der Waals surface area (Å²) in [5.74, 6) is 0.759. The molecule has 5 heteroatoms. The topological polar surface area (TPSA) is 51.5 Å². The number of amides is 1. The highest BCUT2D eigenvalue weighted by Crippen LogP contribution is 2.69. The monoisotopic (exact) mass is 410 g/mol. The quantitative estimate of drug-likeness (QED) is 0.675. The van der Waals surface area contributed by atoms with Gasteiger partial charge < -0.3 is 14.2 Å². The van der Waals surface area contributed by atoms with E-state index >= 15 is 0 Å². The van der Waals surface area contributed by atoms with Crippen LogP contribution >= 0.6 is 0 Å². The van der Waals surface area contributed by atoms with Gasteiger partial charge >= 0.3 is 0 Å². The fourth-order valence-corrected chi connectivity index (χ4v) is 5.25. The fourth-order valence-electron chi connectivity index (χ4n) is 5.25. The number of carbonyl (C=O) groups excluding carboxylic acids is 2. The number of Topliss-reactive ketones (excluding diaryl/α,β-unsaturated/α-hetero) is 1. The Morgan fingerprint density at radius 1 is 1.10 bits per heavy atom. The maximum atomic E-state index is 13.6. The standard InChI is InChI=1S/C25H34N2O3/c1-24(2)22(25(24,3)4)21(28)19-15-27(14-16-9-11-30-12-10-16)20-13-17(7-8-18(19)20)23(29)26(5)6/h7-8,13,15-16,22H,9-12,14H2,1-6H3. The lowest BCUT2D eigenvalue weighted by Crippen LogP contribution is -2.22. The van der Waals surface area contributed by atoms with E-state index in [1.54, 1.807) is 19.0 Å². The fraction of sp³-hybridized carbons (Fsp3) is 0.600. The lowest BCUT2D eigenvalue weighted by atomic mass is 10.00. The maximum absolute atomic E-state index is 13.6. The predicted molar refractivity (Wildman–Crippen MR) is 119 cm³/mol. The summed E-state index contributed by atoms with van der Waals surface area (Å²) in [6.45, 7) is 11.2. The van der Waals surface area contributed by atoms with E-state index < -0.39 is 0 Å². The molecule has 0 bridgehead atoms. The van der Waals surface area contributed by atoms with Crippen molar-refractivity contribution in [3.8, 4) is 0 Å². The molecule has 1 aromatic heterocycles. The van der Waals surface area contributed by atoms with Gasteiger partial charge in [0.15, 0.2) is 5.78 Å². The molecule has 5 nitrogen and oxygen atoms in total. The number of carbonyl (C=O) groups is 2. The molecule has 30 heavy (non-hydrogen) atoms. The summed E-state index contributed by atoms with van der Waals surface area (Å²) in [4.78, 5) is 27.7. The van der Waals surface area contributed by atoms with Crippen molar-refractivity contribution >= 4 is 22.6 Å². The van der Waals surface area contributed by atoms with Crippen molar-refractivity contribution in [2.45, 2.75) is 47.1 Å². The molecule has 4 rings (SSSR count). The SMILES string of the molecule is CN(C)C(=O)c1ccc2c(C(=O)C3C(C)(C)C3(C)C)cn(CC3CCOCC3)c2c1. The second-order valence-electron chi connectivity index (χ2n) is 10.4. The number of nitrogens with zero attached hydrogens (tertiary/aromatic N) is 2. The summed E-state index contributed by atoms with van der Waals surface area (Å²) in [7, 11) is 3.53. The number of benzene rings is 1. The highest BCUT2D eigenvalue weighted by atomic mass is 16.5. The summed E-state index contributed by atoms with van der Waals surface area (Å²) < 4.78 is 7.72. The predicted octanol–water partition coefficient (Wildman–Crippen LogP) is 4.63. The molecule has 2 heterocycles. The van der Waals surface area contributed by atoms with Gasteiger partial charge in [-0.05, 0) is 41.7 Å². The van der Waals surface area contributed by atoms with Crippen LogP contribution in [0.1, 0.15) is 61.3 Å². The zero-order valence-corrected chi connectivity index (χ0v) is 19.1. The summed E-state index contributed by atoms with van der Waals surface area (Å²) >= 11 is 0. The molecule has 2 aliphatic rings. The van der Waals surface area contributed by atoms with Crippen LogP contribution in [0.2, 0.25) is 0 Å². The van der Waals surface area contributed by atoms with Gasteiger partial charge in [-0.3, -0.25) is 9.59 Å². The largest absolute Gasteiger partial charge is 0.381 e. The van der Waals surface area contributed by atoms with E-state index in [0.29, 0.717) is 11.5 Å². The maximum Gasteiger partial charge on any atom is 0.253 e. The number of hydrogen-bond donors (Lipinski definition) is 0. The van der Waals surface area contributed by atoms with Crippen LogP contribution in [0.25, 0.3) is 10.9 Å². The third kappa shape index (κ3) is 3.27. The van der Waals surface area contributed by atoms with Gasteiger partial charge in [-0.25, -0.2) is 0 Å². The Hall–Kier alpha value is -2.14. The Morgan fingerprint density at radius 3 is 2.30 bits per heavy atom. The molecule has 0 atom stereocenters. The normalized spacial score (nSPS) is 21.0. The van der Waals surface area contributed by atoms with Crippen molar-refractivity contribution in [1.29, 1.82) is 0 Å². The summed E-state index contributed by atoms with van der Waals surface area (Å²) in [6.07, 6.45) is 4.10. The van der Waals surface area contributed by atoms with Gasteiger partial charge in [0.05, 0.1) is 0 Å². The second kappa shape index (κ2) is 7.23. The third-order valence-electron chi connectivity index (χ3n) is 7.88. The van der Waals surface area contributed by atoms with Gasteiger partial charge in [0.2, 0.25) is 0 Å². The molecule has 1 aliphatic carbocycles. The van der Waals surface area contributed by atoms with Crippen molar-refractivity contribution in [2.75, 3.05) is 27.3 Å². The van der Waals surface area contributed by atoms with Crippen LogP contribution in [0.5, 0.6) is 0 Å². The number of rotatable bonds is 5. The van der Waals surface area contributed by atoms with Crippen LogP contribution in [-0.4, -0.2) is 48.5 Å². The van der Waals surface area contributed by atoms with Crippen LogP contribution < -0.4 is 0 Å². The molecule has 0 N–H and O–H groups in total. The zero-order chi connectivity index (χ0) is 21.8. The van der Waals surface area contributed by atoms with Crippen LogP contribution in [0.4, 0.5) is 0 Å². The molecule has 2 fully saturated rings. The molecule has 0 radical (unpaired) electrons. The highest BCUT2D eigenvalue weighted by Gasteiger charge is 2.68. The van der Waals surface area contributed by atoms with Gasteiger partial charge in [-0.15, -0.1) is 0 Å². The first kappa shape index (κ1) is 21.1. The van der Waals surface area contributed by atoms with E-state index in [0.717, 1.165) is 49.1 Å². The van der Waals surface area contributed by atoms with E-state index in [1.807, 2.05) is 24.4 Å². The highest BCUT2D eigenvalue weighted by molar-refractivity contribution is 6.12. The number of ketones is 1. The Balaban J connectivity index is 1.77. The number of ether oxygens (including phenoxy) is 1. The van der Waals surface area contributed by atoms with Crippen LogP contribution in [0.3, 0.4) is 0 Å². The van der Waals surface area contributed by atoms with E-state index in [4.69, 9.17) is 4.74 Å². The van der Waals surface area contributed by atoms with Crippen molar-refractivity contribution in [1.82, 2.24) is 9.47 Å². The summed E-state index contributed by atoms with van der Waals surface area (Å²) in [6, 6.07) is 5.77. The zero-order valence-electron chi connectivity index (χ0n) is 19.1. The molecule has 1 saturated carbocycles. The third-order valence-corrected chi connectivity index (χ3v) is 7.88. The van der Waals surface area contributed by atoms with Gasteiger partial charge in [-0.2, -0.15) is 0 Å². The van der Waals surface area contributed by atoms with Gasteiger partial charge in [0, 0.05) is 68.0 Å². The Bertz CT molecular complexity index is 979. The molecule has 1 aromatic carbocycles. The first-order valence-corrected chi connectivity index (χ1v) is 11.0. The van der Waals surface area contributed by atoms with Crippen molar-refractivity contribution in [2.24, 2.45) is 22.7 Å². The van der Waals surface area contributed by atoms with E-state index in [-0.39, 0.29) is 28.4 Å². The summed E-state index contributed by atoms with van der Waals surface area (Å²) in [5.41, 5.74) is 2.43.